The number of hydrogen-bond acceptors (Lipinski definition) is 2. The van der Waals surface area contributed by atoms with Gasteiger partial charge in [-0.05, 0) is 47.9 Å². The van der Waals surface area contributed by atoms with Crippen molar-refractivity contribution in [2.75, 3.05) is 0 Å². The van der Waals surface area contributed by atoms with Crippen LogP contribution in [0.1, 0.15) is 31.8 Å². The topological polar surface area (TPSA) is 74.6 Å². The van der Waals surface area contributed by atoms with Gasteiger partial charge in [0.25, 0.3) is 0 Å². The Morgan fingerprint density at radius 1 is 1.00 bits per heavy atom. The Bertz CT molecular complexity index is 671. The molecule has 2 rings (SSSR count). The smallest absolute Gasteiger partial charge is 0.336 e. The molecule has 0 aliphatic rings. The van der Waals surface area contributed by atoms with E-state index in [9.17, 15) is 9.59 Å². The van der Waals surface area contributed by atoms with E-state index in [1.165, 1.54) is 6.07 Å². The monoisotopic (exact) mass is 244 g/mol. The Morgan fingerprint density at radius 2 is 1.67 bits per heavy atom. The van der Waals surface area contributed by atoms with Crippen LogP contribution < -0.4 is 0 Å². The van der Waals surface area contributed by atoms with Crippen LogP contribution in [0.3, 0.4) is 0 Å². The molecule has 0 bridgehead atoms. The number of carboxylic acids is 2. The second kappa shape index (κ2) is 4.14. The fourth-order valence-corrected chi connectivity index (χ4v) is 2.28. The standard InChI is InChI=1S/C14H12O4/c1-7-6-11-9(8(2)12(7)14(17)18)4-3-5-10(11)13(15)16/h3-6H,1-2H3,(H,15,16)(H,17,18). The van der Waals surface area contributed by atoms with Crippen LogP contribution in [0.15, 0.2) is 24.3 Å². The van der Waals surface area contributed by atoms with Gasteiger partial charge in [0.2, 0.25) is 0 Å². The van der Waals surface area contributed by atoms with Gasteiger partial charge < -0.3 is 10.2 Å². The molecule has 0 unspecified atom stereocenters. The summed E-state index contributed by atoms with van der Waals surface area (Å²) in [4.78, 5) is 22.3. The van der Waals surface area contributed by atoms with Gasteiger partial charge in [-0.25, -0.2) is 9.59 Å². The summed E-state index contributed by atoms with van der Waals surface area (Å²) in [5.41, 5.74) is 1.60. The van der Waals surface area contributed by atoms with Crippen molar-refractivity contribution in [2.45, 2.75) is 13.8 Å². The van der Waals surface area contributed by atoms with Crippen molar-refractivity contribution in [3.8, 4) is 0 Å². The first-order valence-corrected chi connectivity index (χ1v) is 5.43. The van der Waals surface area contributed by atoms with Gasteiger partial charge in [-0.3, -0.25) is 0 Å². The van der Waals surface area contributed by atoms with Gasteiger partial charge in [0.1, 0.15) is 0 Å². The highest BCUT2D eigenvalue weighted by molar-refractivity contribution is 6.07. The van der Waals surface area contributed by atoms with Crippen molar-refractivity contribution in [1.29, 1.82) is 0 Å². The predicted molar refractivity (Wildman–Crippen MR) is 67.3 cm³/mol. The van der Waals surface area contributed by atoms with Crippen molar-refractivity contribution in [1.82, 2.24) is 0 Å². The van der Waals surface area contributed by atoms with Gasteiger partial charge in [0, 0.05) is 0 Å². The van der Waals surface area contributed by atoms with Crippen molar-refractivity contribution in [3.05, 3.63) is 46.5 Å². The molecule has 0 radical (unpaired) electrons. The Balaban J connectivity index is 2.94. The van der Waals surface area contributed by atoms with Crippen LogP contribution in [0.25, 0.3) is 10.8 Å². The lowest BCUT2D eigenvalue weighted by Crippen LogP contribution is -2.05. The summed E-state index contributed by atoms with van der Waals surface area (Å²) in [6.07, 6.45) is 0. The van der Waals surface area contributed by atoms with Crippen LogP contribution >= 0.6 is 0 Å². The molecule has 0 heterocycles. The summed E-state index contributed by atoms with van der Waals surface area (Å²) in [6, 6.07) is 6.50. The molecule has 18 heavy (non-hydrogen) atoms. The molecule has 2 N–H and O–H groups in total. The lowest BCUT2D eigenvalue weighted by molar-refractivity contribution is 0.0687. The molecule has 0 saturated carbocycles. The maximum Gasteiger partial charge on any atom is 0.336 e. The highest BCUT2D eigenvalue weighted by Gasteiger charge is 2.16. The number of carboxylic acid groups (broad SMARTS) is 2. The summed E-state index contributed by atoms with van der Waals surface area (Å²) in [6.45, 7) is 3.37. The highest BCUT2D eigenvalue weighted by atomic mass is 16.4. The molecule has 0 atom stereocenters. The quantitative estimate of drug-likeness (QED) is 0.851. The lowest BCUT2D eigenvalue weighted by Gasteiger charge is -2.11. The summed E-state index contributed by atoms with van der Waals surface area (Å²) < 4.78 is 0. The molecule has 0 amide bonds. The van der Waals surface area contributed by atoms with E-state index in [0.717, 1.165) is 0 Å². The first-order chi connectivity index (χ1) is 8.43. The number of fused-ring (bicyclic) bond motifs is 1. The number of carbonyl (C=O) groups is 2. The minimum absolute atomic E-state index is 0.190. The van der Waals surface area contributed by atoms with Gasteiger partial charge in [0.05, 0.1) is 11.1 Å². The Hall–Kier alpha value is -2.36. The predicted octanol–water partition coefficient (Wildman–Crippen LogP) is 2.85. The summed E-state index contributed by atoms with van der Waals surface area (Å²) in [5, 5.41) is 19.5. The van der Waals surface area contributed by atoms with E-state index in [0.29, 0.717) is 21.9 Å². The van der Waals surface area contributed by atoms with E-state index in [1.807, 2.05) is 0 Å². The SMILES string of the molecule is Cc1cc2c(C(=O)O)cccc2c(C)c1C(=O)O. The van der Waals surface area contributed by atoms with E-state index in [4.69, 9.17) is 10.2 Å². The van der Waals surface area contributed by atoms with Gasteiger partial charge in [0.15, 0.2) is 0 Å². The highest BCUT2D eigenvalue weighted by Crippen LogP contribution is 2.27. The third-order valence-corrected chi connectivity index (χ3v) is 3.08. The van der Waals surface area contributed by atoms with Crippen LogP contribution in [0.5, 0.6) is 0 Å². The molecule has 0 aliphatic heterocycles. The van der Waals surface area contributed by atoms with Gasteiger partial charge in [-0.15, -0.1) is 0 Å². The van der Waals surface area contributed by atoms with Gasteiger partial charge in [-0.2, -0.15) is 0 Å². The zero-order valence-corrected chi connectivity index (χ0v) is 10.0. The van der Waals surface area contributed by atoms with E-state index in [1.54, 1.807) is 32.0 Å². The van der Waals surface area contributed by atoms with E-state index in [-0.39, 0.29) is 11.1 Å². The third-order valence-electron chi connectivity index (χ3n) is 3.08. The zero-order chi connectivity index (χ0) is 13.4. The van der Waals surface area contributed by atoms with Gasteiger partial charge >= 0.3 is 11.9 Å². The normalized spacial score (nSPS) is 10.6. The molecule has 0 spiro atoms. The average Bonchev–Trinajstić information content (AvgIpc) is 2.27. The number of hydrogen-bond donors (Lipinski definition) is 2. The summed E-state index contributed by atoms with van der Waals surface area (Å²) in [5.74, 6) is -2.00. The molecule has 2 aromatic rings. The second-order valence-corrected chi connectivity index (χ2v) is 4.20. The number of rotatable bonds is 2. The maximum atomic E-state index is 11.2. The van der Waals surface area contributed by atoms with E-state index < -0.39 is 11.9 Å². The number of benzene rings is 2. The molecule has 0 aliphatic carbocycles. The molecule has 4 heteroatoms. The van der Waals surface area contributed by atoms with Crippen LogP contribution in [0, 0.1) is 13.8 Å². The van der Waals surface area contributed by atoms with Crippen molar-refractivity contribution < 1.29 is 19.8 Å². The van der Waals surface area contributed by atoms with Crippen molar-refractivity contribution in [3.63, 3.8) is 0 Å². The average molecular weight is 244 g/mol. The summed E-state index contributed by atoms with van der Waals surface area (Å²) >= 11 is 0. The van der Waals surface area contributed by atoms with E-state index >= 15 is 0 Å². The summed E-state index contributed by atoms with van der Waals surface area (Å²) in [7, 11) is 0. The van der Waals surface area contributed by atoms with Gasteiger partial charge in [-0.1, -0.05) is 12.1 Å². The zero-order valence-electron chi connectivity index (χ0n) is 10.0. The minimum atomic E-state index is -1.01. The lowest BCUT2D eigenvalue weighted by atomic mass is 9.93. The third kappa shape index (κ3) is 1.72. The molecular formula is C14H12O4. The van der Waals surface area contributed by atoms with Crippen LogP contribution in [0.2, 0.25) is 0 Å². The molecule has 0 fully saturated rings. The Morgan fingerprint density at radius 3 is 2.22 bits per heavy atom. The number of aromatic carboxylic acids is 2. The largest absolute Gasteiger partial charge is 0.478 e. The Kier molecular flexibility index (Phi) is 2.79. The Labute approximate surface area is 103 Å². The minimum Gasteiger partial charge on any atom is -0.478 e. The first-order valence-electron chi connectivity index (χ1n) is 5.43. The second-order valence-electron chi connectivity index (χ2n) is 4.20. The van der Waals surface area contributed by atoms with Crippen LogP contribution in [0.4, 0.5) is 0 Å². The van der Waals surface area contributed by atoms with E-state index in [2.05, 4.69) is 0 Å². The first kappa shape index (κ1) is 12.1. The molecule has 4 nitrogen and oxygen atoms in total. The molecule has 0 aromatic heterocycles. The molecule has 0 saturated heterocycles. The van der Waals surface area contributed by atoms with Crippen molar-refractivity contribution >= 4 is 22.7 Å². The molecule has 2 aromatic carbocycles. The fourth-order valence-electron chi connectivity index (χ4n) is 2.28. The van der Waals surface area contributed by atoms with Crippen LogP contribution in [-0.4, -0.2) is 22.2 Å². The van der Waals surface area contributed by atoms with Crippen LogP contribution in [-0.2, 0) is 0 Å². The molecular weight excluding hydrogens is 232 g/mol. The maximum absolute atomic E-state index is 11.2. The fraction of sp³-hybridized carbons (Fsp3) is 0.143. The van der Waals surface area contributed by atoms with Crippen molar-refractivity contribution in [2.24, 2.45) is 0 Å². The number of aryl methyl sites for hydroxylation is 2. The molecule has 92 valence electrons.